The zero-order chi connectivity index (χ0) is 14.8. The highest BCUT2D eigenvalue weighted by Crippen LogP contribution is 2.23. The van der Waals surface area contributed by atoms with Crippen LogP contribution in [0.4, 0.5) is 4.39 Å². The van der Waals surface area contributed by atoms with Gasteiger partial charge in [0.25, 0.3) is 5.91 Å². The Hall–Kier alpha value is -0.940. The third-order valence-corrected chi connectivity index (χ3v) is 5.13. The summed E-state index contributed by atoms with van der Waals surface area (Å²) < 4.78 is 13.6. The Bertz CT molecular complexity index is 531. The van der Waals surface area contributed by atoms with Gasteiger partial charge in [-0.25, -0.2) is 4.39 Å². The predicted molar refractivity (Wildman–Crippen MR) is 83.8 cm³/mol. The Balaban J connectivity index is 1.64. The molecule has 1 unspecified atom stereocenters. The molecule has 0 N–H and O–H groups in total. The summed E-state index contributed by atoms with van der Waals surface area (Å²) in [6, 6.07) is 4.98. The highest BCUT2D eigenvalue weighted by atomic mass is 79.9. The van der Waals surface area contributed by atoms with Gasteiger partial charge in [0.1, 0.15) is 5.82 Å². The molecule has 3 nitrogen and oxygen atoms in total. The molecule has 2 aliphatic heterocycles. The fraction of sp³-hybridized carbons (Fsp3) is 0.562. The van der Waals surface area contributed by atoms with Crippen LogP contribution in [0.2, 0.25) is 0 Å². The van der Waals surface area contributed by atoms with Crippen LogP contribution in [-0.4, -0.2) is 47.9 Å². The standard InChI is InChI=1S/C16H20BrFN2O/c17-14-10-12(4-5-15(14)18)16(21)20-9-6-13(11-20)19-7-2-1-3-8-19/h4-5,10,13H,1-3,6-9,11H2. The van der Waals surface area contributed by atoms with Crippen LogP contribution in [0, 0.1) is 5.82 Å². The Morgan fingerprint density at radius 2 is 1.95 bits per heavy atom. The molecule has 0 saturated carbocycles. The van der Waals surface area contributed by atoms with E-state index in [2.05, 4.69) is 20.8 Å². The van der Waals surface area contributed by atoms with Gasteiger partial charge in [-0.2, -0.15) is 0 Å². The van der Waals surface area contributed by atoms with Crippen molar-refractivity contribution >= 4 is 21.8 Å². The minimum atomic E-state index is -0.334. The number of halogens is 2. The Labute approximate surface area is 133 Å². The first-order valence-electron chi connectivity index (χ1n) is 7.63. The van der Waals surface area contributed by atoms with E-state index in [1.165, 1.54) is 25.3 Å². The molecule has 114 valence electrons. The van der Waals surface area contributed by atoms with Crippen LogP contribution in [0.25, 0.3) is 0 Å². The molecule has 2 aliphatic rings. The van der Waals surface area contributed by atoms with Gasteiger partial charge < -0.3 is 4.90 Å². The fourth-order valence-corrected chi connectivity index (χ4v) is 3.70. The summed E-state index contributed by atoms with van der Waals surface area (Å²) in [5.41, 5.74) is 0.558. The van der Waals surface area contributed by atoms with E-state index < -0.39 is 0 Å². The zero-order valence-corrected chi connectivity index (χ0v) is 13.6. The van der Waals surface area contributed by atoms with E-state index in [-0.39, 0.29) is 11.7 Å². The van der Waals surface area contributed by atoms with Crippen molar-refractivity contribution < 1.29 is 9.18 Å². The number of nitrogens with zero attached hydrogens (tertiary/aromatic N) is 2. The van der Waals surface area contributed by atoms with E-state index in [1.54, 1.807) is 12.1 Å². The van der Waals surface area contributed by atoms with Crippen LogP contribution in [-0.2, 0) is 0 Å². The number of piperidine rings is 1. The number of hydrogen-bond acceptors (Lipinski definition) is 2. The van der Waals surface area contributed by atoms with Crippen molar-refractivity contribution in [3.63, 3.8) is 0 Å². The van der Waals surface area contributed by atoms with Gasteiger partial charge in [-0.1, -0.05) is 6.42 Å². The molecule has 1 atom stereocenters. The lowest BCUT2D eigenvalue weighted by atomic mass is 10.1. The minimum Gasteiger partial charge on any atom is -0.337 e. The van der Waals surface area contributed by atoms with Crippen LogP contribution in [0.5, 0.6) is 0 Å². The molecule has 1 aromatic rings. The summed E-state index contributed by atoms with van der Waals surface area (Å²) in [4.78, 5) is 16.9. The SMILES string of the molecule is O=C(c1ccc(F)c(Br)c1)N1CCC(N2CCCCC2)C1. The zero-order valence-electron chi connectivity index (χ0n) is 12.0. The normalized spacial score (nSPS) is 23.5. The highest BCUT2D eigenvalue weighted by molar-refractivity contribution is 9.10. The average molecular weight is 355 g/mol. The van der Waals surface area contributed by atoms with Gasteiger partial charge in [-0.3, -0.25) is 9.69 Å². The number of hydrogen-bond donors (Lipinski definition) is 0. The summed E-state index contributed by atoms with van der Waals surface area (Å²) >= 11 is 3.14. The van der Waals surface area contributed by atoms with Crippen LogP contribution in [0.1, 0.15) is 36.0 Å². The number of benzene rings is 1. The maximum atomic E-state index is 13.3. The van der Waals surface area contributed by atoms with Crippen LogP contribution in [0.3, 0.4) is 0 Å². The van der Waals surface area contributed by atoms with Crippen LogP contribution < -0.4 is 0 Å². The third kappa shape index (κ3) is 3.29. The van der Waals surface area contributed by atoms with E-state index in [1.807, 2.05) is 4.90 Å². The number of carbonyl (C=O) groups is 1. The third-order valence-electron chi connectivity index (χ3n) is 4.52. The first-order chi connectivity index (χ1) is 10.1. The molecule has 1 amide bonds. The van der Waals surface area contributed by atoms with Gasteiger partial charge in [-0.05, 0) is 66.5 Å². The second kappa shape index (κ2) is 6.44. The second-order valence-corrected chi connectivity index (χ2v) is 6.77. The molecule has 21 heavy (non-hydrogen) atoms. The summed E-state index contributed by atoms with van der Waals surface area (Å²) in [6.45, 7) is 3.92. The molecule has 0 aliphatic carbocycles. The number of carbonyl (C=O) groups excluding carboxylic acids is 1. The van der Waals surface area contributed by atoms with E-state index in [0.717, 1.165) is 32.6 Å². The Morgan fingerprint density at radius 3 is 2.67 bits per heavy atom. The van der Waals surface area contributed by atoms with Crippen molar-refractivity contribution in [2.75, 3.05) is 26.2 Å². The molecule has 1 aromatic carbocycles. The van der Waals surface area contributed by atoms with Gasteiger partial charge in [0.05, 0.1) is 4.47 Å². The molecule has 0 radical (unpaired) electrons. The van der Waals surface area contributed by atoms with Crippen molar-refractivity contribution in [2.24, 2.45) is 0 Å². The fourth-order valence-electron chi connectivity index (χ4n) is 3.32. The van der Waals surface area contributed by atoms with Crippen molar-refractivity contribution in [3.8, 4) is 0 Å². The Kier molecular flexibility index (Phi) is 4.60. The van der Waals surface area contributed by atoms with Crippen LogP contribution in [0.15, 0.2) is 22.7 Å². The number of rotatable bonds is 2. The van der Waals surface area contributed by atoms with Crippen molar-refractivity contribution in [1.82, 2.24) is 9.80 Å². The molecule has 0 bridgehead atoms. The van der Waals surface area contributed by atoms with Crippen molar-refractivity contribution in [2.45, 2.75) is 31.7 Å². The topological polar surface area (TPSA) is 23.6 Å². The van der Waals surface area contributed by atoms with E-state index in [0.29, 0.717) is 16.1 Å². The summed E-state index contributed by atoms with van der Waals surface area (Å²) in [7, 11) is 0. The molecule has 2 saturated heterocycles. The molecule has 2 heterocycles. The highest BCUT2D eigenvalue weighted by Gasteiger charge is 2.31. The largest absolute Gasteiger partial charge is 0.337 e. The van der Waals surface area contributed by atoms with Gasteiger partial charge >= 0.3 is 0 Å². The van der Waals surface area contributed by atoms with Crippen molar-refractivity contribution in [3.05, 3.63) is 34.1 Å². The van der Waals surface area contributed by atoms with Gasteiger partial charge in [-0.15, -0.1) is 0 Å². The first-order valence-corrected chi connectivity index (χ1v) is 8.43. The van der Waals surface area contributed by atoms with Crippen LogP contribution >= 0.6 is 15.9 Å². The van der Waals surface area contributed by atoms with Gasteiger partial charge in [0.2, 0.25) is 0 Å². The van der Waals surface area contributed by atoms with Gasteiger partial charge in [0, 0.05) is 24.7 Å². The van der Waals surface area contributed by atoms with E-state index in [4.69, 9.17) is 0 Å². The lowest BCUT2D eigenvalue weighted by Gasteiger charge is -2.32. The summed E-state index contributed by atoms with van der Waals surface area (Å²) in [5, 5.41) is 0. The van der Waals surface area contributed by atoms with E-state index >= 15 is 0 Å². The number of likely N-dealkylation sites (tertiary alicyclic amines) is 2. The average Bonchev–Trinajstić information content (AvgIpc) is 3.00. The molecular formula is C16H20BrFN2O. The molecular weight excluding hydrogens is 335 g/mol. The maximum Gasteiger partial charge on any atom is 0.253 e. The minimum absolute atomic E-state index is 0.00945. The quantitative estimate of drug-likeness (QED) is 0.813. The number of amides is 1. The predicted octanol–water partition coefficient (Wildman–Crippen LogP) is 3.29. The summed E-state index contributed by atoms with van der Waals surface area (Å²) in [5.74, 6) is -0.325. The second-order valence-electron chi connectivity index (χ2n) is 5.92. The molecule has 3 rings (SSSR count). The Morgan fingerprint density at radius 1 is 1.19 bits per heavy atom. The maximum absolute atomic E-state index is 13.3. The monoisotopic (exact) mass is 354 g/mol. The lowest BCUT2D eigenvalue weighted by molar-refractivity contribution is 0.0771. The molecule has 5 heteroatoms. The molecule has 0 spiro atoms. The smallest absolute Gasteiger partial charge is 0.253 e. The first kappa shape index (κ1) is 15.0. The van der Waals surface area contributed by atoms with Crippen molar-refractivity contribution in [1.29, 1.82) is 0 Å². The molecule has 0 aromatic heterocycles. The van der Waals surface area contributed by atoms with Gasteiger partial charge in [0.15, 0.2) is 0 Å². The lowest BCUT2D eigenvalue weighted by Crippen LogP contribution is -2.41. The molecule has 2 fully saturated rings. The summed E-state index contributed by atoms with van der Waals surface area (Å²) in [6.07, 6.45) is 4.92. The van der Waals surface area contributed by atoms with E-state index in [9.17, 15) is 9.18 Å².